The van der Waals surface area contributed by atoms with Crippen molar-refractivity contribution in [3.63, 3.8) is 0 Å². The molecule has 21 heavy (non-hydrogen) atoms. The molecule has 0 aliphatic carbocycles. The van der Waals surface area contributed by atoms with Crippen molar-refractivity contribution in [2.45, 2.75) is 26.9 Å². The van der Waals surface area contributed by atoms with Gasteiger partial charge < -0.3 is 0 Å². The fourth-order valence-electron chi connectivity index (χ4n) is 1.95. The highest BCUT2D eigenvalue weighted by Crippen LogP contribution is 2.16. The maximum Gasteiger partial charge on any atom is 0.126 e. The van der Waals surface area contributed by atoms with Crippen LogP contribution in [-0.4, -0.2) is 0 Å². The van der Waals surface area contributed by atoms with E-state index in [1.807, 2.05) is 49.4 Å². The number of aryl methyl sites for hydroxylation is 1. The van der Waals surface area contributed by atoms with Gasteiger partial charge in [-0.15, -0.1) is 0 Å². The Morgan fingerprint density at radius 3 is 2.62 bits per heavy atom. The molecule has 3 heteroatoms. The minimum absolute atomic E-state index is 0.209. The molecule has 2 nitrogen and oxygen atoms in total. The predicted molar refractivity (Wildman–Crippen MR) is 83.8 cm³/mol. The van der Waals surface area contributed by atoms with Crippen LogP contribution in [0.2, 0.25) is 0 Å². The smallest absolute Gasteiger partial charge is 0.126 e. The van der Waals surface area contributed by atoms with Crippen LogP contribution < -0.4 is 5.48 Å². The quantitative estimate of drug-likeness (QED) is 0.783. The summed E-state index contributed by atoms with van der Waals surface area (Å²) in [5.41, 5.74) is 6.21. The fourth-order valence-corrected chi connectivity index (χ4v) is 1.95. The summed E-state index contributed by atoms with van der Waals surface area (Å²) in [6.45, 7) is 4.24. The molecule has 0 aliphatic rings. The zero-order valence-electron chi connectivity index (χ0n) is 12.4. The van der Waals surface area contributed by atoms with E-state index in [0.29, 0.717) is 12.2 Å². The summed E-state index contributed by atoms with van der Waals surface area (Å²) in [6.07, 6.45) is 2.82. The van der Waals surface area contributed by atoms with Crippen LogP contribution in [-0.2, 0) is 11.4 Å². The Labute approximate surface area is 125 Å². The first-order valence-electron chi connectivity index (χ1n) is 7.09. The van der Waals surface area contributed by atoms with Crippen LogP contribution in [0, 0.1) is 12.7 Å². The zero-order chi connectivity index (χ0) is 15.1. The van der Waals surface area contributed by atoms with Gasteiger partial charge in [0.15, 0.2) is 0 Å². The van der Waals surface area contributed by atoms with E-state index in [-0.39, 0.29) is 5.82 Å². The normalized spacial score (nSPS) is 11.5. The van der Waals surface area contributed by atoms with Crippen molar-refractivity contribution in [3.8, 4) is 0 Å². The average molecular weight is 285 g/mol. The molecule has 0 amide bonds. The summed E-state index contributed by atoms with van der Waals surface area (Å²) in [5, 5.41) is 0. The topological polar surface area (TPSA) is 21.3 Å². The number of hydrogen-bond acceptors (Lipinski definition) is 2. The standard InChI is InChI=1S/C18H20FNO/c1-3-7-18(16-11-10-14(2)17(19)12-16)20-21-13-15-8-5-4-6-9-15/h4-12,20H,3,13H2,1-2H3. The van der Waals surface area contributed by atoms with Crippen molar-refractivity contribution in [1.29, 1.82) is 0 Å². The Kier molecular flexibility index (Phi) is 5.52. The van der Waals surface area contributed by atoms with Crippen LogP contribution in [0.25, 0.3) is 5.70 Å². The van der Waals surface area contributed by atoms with Gasteiger partial charge in [0.2, 0.25) is 0 Å². The van der Waals surface area contributed by atoms with E-state index in [1.165, 1.54) is 6.07 Å². The SMILES string of the molecule is CCC=C(NOCc1ccccc1)c1ccc(C)c(F)c1. The lowest BCUT2D eigenvalue weighted by Crippen LogP contribution is -2.13. The molecule has 0 spiro atoms. The molecule has 0 bridgehead atoms. The van der Waals surface area contributed by atoms with Crippen LogP contribution in [0.5, 0.6) is 0 Å². The largest absolute Gasteiger partial charge is 0.271 e. The van der Waals surface area contributed by atoms with Crippen molar-refractivity contribution in [2.24, 2.45) is 0 Å². The fraction of sp³-hybridized carbons (Fsp3) is 0.222. The number of halogens is 1. The lowest BCUT2D eigenvalue weighted by atomic mass is 10.1. The molecule has 0 unspecified atom stereocenters. The second kappa shape index (κ2) is 7.60. The molecule has 0 atom stereocenters. The van der Waals surface area contributed by atoms with Crippen LogP contribution in [0.4, 0.5) is 4.39 Å². The number of hydroxylamine groups is 1. The van der Waals surface area contributed by atoms with Crippen molar-refractivity contribution >= 4 is 5.70 Å². The maximum atomic E-state index is 13.7. The van der Waals surface area contributed by atoms with Gasteiger partial charge in [0, 0.05) is 5.56 Å². The molecule has 2 aromatic rings. The third-order valence-corrected chi connectivity index (χ3v) is 3.15. The Morgan fingerprint density at radius 2 is 1.95 bits per heavy atom. The average Bonchev–Trinajstić information content (AvgIpc) is 2.50. The second-order valence-electron chi connectivity index (χ2n) is 4.87. The Morgan fingerprint density at radius 1 is 1.19 bits per heavy atom. The van der Waals surface area contributed by atoms with Gasteiger partial charge in [-0.2, -0.15) is 0 Å². The molecule has 0 radical (unpaired) electrons. The molecule has 0 fully saturated rings. The van der Waals surface area contributed by atoms with Crippen LogP contribution in [0.3, 0.4) is 0 Å². The molecule has 2 aromatic carbocycles. The first kappa shape index (κ1) is 15.3. The molecule has 110 valence electrons. The van der Waals surface area contributed by atoms with Gasteiger partial charge in [-0.05, 0) is 30.5 Å². The number of hydrogen-bond donors (Lipinski definition) is 1. The Bertz CT molecular complexity index is 608. The lowest BCUT2D eigenvalue weighted by Gasteiger charge is -2.12. The lowest BCUT2D eigenvalue weighted by molar-refractivity contribution is 0.0645. The molecule has 2 rings (SSSR count). The van der Waals surface area contributed by atoms with E-state index in [2.05, 4.69) is 5.48 Å². The highest BCUT2D eigenvalue weighted by molar-refractivity contribution is 5.63. The van der Waals surface area contributed by atoms with Gasteiger partial charge in [0.05, 0.1) is 12.3 Å². The van der Waals surface area contributed by atoms with Gasteiger partial charge in [-0.1, -0.05) is 55.5 Å². The van der Waals surface area contributed by atoms with E-state index in [0.717, 1.165) is 23.2 Å². The van der Waals surface area contributed by atoms with Crippen molar-refractivity contribution in [2.75, 3.05) is 0 Å². The number of benzene rings is 2. The summed E-state index contributed by atoms with van der Waals surface area (Å²) in [7, 11) is 0. The number of allylic oxidation sites excluding steroid dienone is 1. The van der Waals surface area contributed by atoms with E-state index in [4.69, 9.17) is 4.84 Å². The molecule has 0 aromatic heterocycles. The minimum Gasteiger partial charge on any atom is -0.271 e. The van der Waals surface area contributed by atoms with Crippen molar-refractivity contribution < 1.29 is 9.23 Å². The molecule has 0 heterocycles. The summed E-state index contributed by atoms with van der Waals surface area (Å²) in [4.78, 5) is 5.52. The molecular formula is C18H20FNO. The van der Waals surface area contributed by atoms with E-state index < -0.39 is 0 Å². The minimum atomic E-state index is -0.209. The van der Waals surface area contributed by atoms with Gasteiger partial charge >= 0.3 is 0 Å². The molecular weight excluding hydrogens is 265 g/mol. The van der Waals surface area contributed by atoms with E-state index in [9.17, 15) is 4.39 Å². The molecule has 0 aliphatic heterocycles. The number of nitrogens with one attached hydrogen (secondary N) is 1. The zero-order valence-corrected chi connectivity index (χ0v) is 12.4. The van der Waals surface area contributed by atoms with E-state index >= 15 is 0 Å². The van der Waals surface area contributed by atoms with Gasteiger partial charge in [0.25, 0.3) is 0 Å². The van der Waals surface area contributed by atoms with Crippen molar-refractivity contribution in [1.82, 2.24) is 5.48 Å². The highest BCUT2D eigenvalue weighted by Gasteiger charge is 2.05. The third-order valence-electron chi connectivity index (χ3n) is 3.15. The Hall–Kier alpha value is -2.13. The summed E-state index contributed by atoms with van der Waals surface area (Å²) < 4.78 is 13.7. The predicted octanol–water partition coefficient (Wildman–Crippen LogP) is 4.61. The van der Waals surface area contributed by atoms with Crippen LogP contribution in [0.1, 0.15) is 30.0 Å². The van der Waals surface area contributed by atoms with E-state index in [1.54, 1.807) is 13.0 Å². The van der Waals surface area contributed by atoms with Gasteiger partial charge in [-0.3, -0.25) is 10.3 Å². The molecule has 0 saturated heterocycles. The van der Waals surface area contributed by atoms with Crippen LogP contribution in [0.15, 0.2) is 54.6 Å². The second-order valence-corrected chi connectivity index (χ2v) is 4.87. The first-order valence-corrected chi connectivity index (χ1v) is 7.09. The first-order chi connectivity index (χ1) is 10.2. The molecule has 0 saturated carbocycles. The molecule has 1 N–H and O–H groups in total. The van der Waals surface area contributed by atoms with Gasteiger partial charge in [-0.25, -0.2) is 4.39 Å². The Balaban J connectivity index is 2.02. The highest BCUT2D eigenvalue weighted by atomic mass is 19.1. The number of rotatable bonds is 6. The maximum absolute atomic E-state index is 13.7. The third kappa shape index (κ3) is 4.43. The van der Waals surface area contributed by atoms with Crippen molar-refractivity contribution in [3.05, 3.63) is 77.1 Å². The van der Waals surface area contributed by atoms with Crippen LogP contribution >= 0.6 is 0 Å². The summed E-state index contributed by atoms with van der Waals surface area (Å²) in [5.74, 6) is -0.209. The summed E-state index contributed by atoms with van der Waals surface area (Å²) >= 11 is 0. The monoisotopic (exact) mass is 285 g/mol. The summed E-state index contributed by atoms with van der Waals surface area (Å²) in [6, 6.07) is 15.1. The van der Waals surface area contributed by atoms with Gasteiger partial charge in [0.1, 0.15) is 5.82 Å².